The molecule has 0 aromatic heterocycles. The van der Waals surface area contributed by atoms with Gasteiger partial charge in [-0.05, 0) is 67.7 Å². The molecule has 5 fully saturated rings. The molecule has 23 nitrogen and oxygen atoms in total. The van der Waals surface area contributed by atoms with Crippen LogP contribution < -0.4 is 0 Å². The molecule has 0 aliphatic carbocycles. The Hall–Kier alpha value is -2.98. The van der Waals surface area contributed by atoms with Crippen molar-refractivity contribution in [2.24, 2.45) is 11.8 Å². The Morgan fingerprint density at radius 2 is 1.23 bits per heavy atom. The molecular formula is C54H90O23. The Kier molecular flexibility index (Phi) is 25.9. The number of carbonyl (C=O) groups is 4. The zero-order chi connectivity index (χ0) is 56.8. The van der Waals surface area contributed by atoms with Crippen molar-refractivity contribution in [3.8, 4) is 0 Å². The monoisotopic (exact) mass is 1110 g/mol. The van der Waals surface area contributed by atoms with E-state index in [2.05, 4.69) is 6.92 Å². The van der Waals surface area contributed by atoms with Crippen LogP contribution in [0.15, 0.2) is 11.6 Å². The van der Waals surface area contributed by atoms with E-state index < -0.39 is 171 Å². The first-order chi connectivity index (χ1) is 36.5. The van der Waals surface area contributed by atoms with Crippen LogP contribution in [-0.4, -0.2) is 201 Å². The van der Waals surface area contributed by atoms with Crippen LogP contribution >= 0.6 is 0 Å². The molecule has 23 atom stereocenters. The van der Waals surface area contributed by atoms with Gasteiger partial charge in [0.15, 0.2) is 43.5 Å². The fourth-order valence-corrected chi connectivity index (χ4v) is 9.76. The van der Waals surface area contributed by atoms with E-state index in [-0.39, 0.29) is 18.1 Å². The van der Waals surface area contributed by atoms with Crippen LogP contribution in [0.3, 0.4) is 0 Å². The largest absolute Gasteiger partial charge is 0.463 e. The zero-order valence-corrected chi connectivity index (χ0v) is 46.5. The molecule has 2 bridgehead atoms. The number of carbonyl (C=O) groups excluding carboxylic acids is 4. The molecule has 5 aliphatic rings. The minimum Gasteiger partial charge on any atom is -0.463 e. The van der Waals surface area contributed by atoms with Crippen molar-refractivity contribution in [1.29, 1.82) is 0 Å². The number of fused-ring (bicyclic) bond motifs is 4. The summed E-state index contributed by atoms with van der Waals surface area (Å²) in [6, 6.07) is 0. The second-order valence-electron chi connectivity index (χ2n) is 21.7. The van der Waals surface area contributed by atoms with Gasteiger partial charge in [-0.1, -0.05) is 84.6 Å². The molecule has 0 amide bonds. The van der Waals surface area contributed by atoms with E-state index in [0.717, 1.165) is 51.4 Å². The minimum atomic E-state index is -2.01. The number of unbranched alkanes of at least 4 members (excludes halogenated alkanes) is 2. The third-order valence-corrected chi connectivity index (χ3v) is 15.1. The normalized spacial score (nSPS) is 40.3. The van der Waals surface area contributed by atoms with Gasteiger partial charge in [-0.3, -0.25) is 14.4 Å². The van der Waals surface area contributed by atoms with Crippen molar-refractivity contribution in [3.05, 3.63) is 11.6 Å². The van der Waals surface area contributed by atoms with E-state index in [1.54, 1.807) is 27.7 Å². The Morgan fingerprint density at radius 3 is 1.87 bits per heavy atom. The molecule has 7 N–H and O–H groups in total. The highest BCUT2D eigenvalue weighted by Crippen LogP contribution is 2.38. The lowest BCUT2D eigenvalue weighted by molar-refractivity contribution is -0.399. The lowest BCUT2D eigenvalue weighted by Gasteiger charge is -2.50. The maximum atomic E-state index is 14.1. The van der Waals surface area contributed by atoms with Crippen LogP contribution in [0.1, 0.15) is 153 Å². The topological polar surface area (TPSA) is 321 Å². The summed E-state index contributed by atoms with van der Waals surface area (Å²) in [4.78, 5) is 53.5. The van der Waals surface area contributed by atoms with E-state index in [1.807, 2.05) is 0 Å². The average molecular weight is 1110 g/mol. The fraction of sp³-hybridized carbons (Fsp3) is 0.889. The first-order valence-corrected chi connectivity index (χ1v) is 27.9. The van der Waals surface area contributed by atoms with Crippen LogP contribution in [-0.2, 0) is 76.0 Å². The summed E-state index contributed by atoms with van der Waals surface area (Å²) in [5.74, 6) is -4.99. The number of ether oxygens (including phenoxy) is 12. The Labute approximate surface area is 452 Å². The van der Waals surface area contributed by atoms with Gasteiger partial charge in [0, 0.05) is 12.0 Å². The van der Waals surface area contributed by atoms with Crippen molar-refractivity contribution in [2.45, 2.75) is 288 Å². The highest BCUT2D eigenvalue weighted by atomic mass is 16.8. The van der Waals surface area contributed by atoms with Gasteiger partial charge in [0.05, 0.1) is 42.4 Å². The highest BCUT2D eigenvalue weighted by molar-refractivity contribution is 5.87. The van der Waals surface area contributed by atoms with Gasteiger partial charge < -0.3 is 92.6 Å². The zero-order valence-electron chi connectivity index (χ0n) is 46.5. The standard InChI is InChI=1S/C54H90O23/c1-11-13-19-22-33-23-20-17-15-14-16-18-21-24-35(56)72-46-43(75-51-41(62)40(61)42(31(9)68-51)73-49(64)27(5)12-2)32(10)69-54(47(46)74-50(65)28(6)29(7)55)77-45-39(60)37(58)34(25-66-48(63)26(3)4)71-53(45)76-44-38(59)36(57)30(8)67-52(44)70-33/h12,26,28-34,36-47,51-55,57-62H,11,13-25H2,1-10H3/b27-12+/t28-,29-,30-,31-,32+,33+,34-,36-,37-,38+,39+,40-,41-,42-,43+,44-,45-,46-,47-,51+,52+,53+,54+/m1/s1. The quantitative estimate of drug-likeness (QED) is 0.0569. The fourth-order valence-electron chi connectivity index (χ4n) is 9.76. The molecule has 0 saturated carbocycles. The number of aliphatic hydroxyl groups is 7. The third-order valence-electron chi connectivity index (χ3n) is 15.1. The summed E-state index contributed by atoms with van der Waals surface area (Å²) in [5.41, 5.74) is 0.239. The van der Waals surface area contributed by atoms with Gasteiger partial charge >= 0.3 is 23.9 Å². The van der Waals surface area contributed by atoms with E-state index in [4.69, 9.17) is 56.8 Å². The number of aliphatic hydroxyl groups excluding tert-OH is 7. The van der Waals surface area contributed by atoms with E-state index in [9.17, 15) is 54.9 Å². The molecule has 23 heteroatoms. The SMILES string of the molecule is C/C=C(\C)C(=O)O[C@H]1[C@H](O)[C@@H](O)[C@H](O[C@@H]2[C@H]3OC(=O)CCCCCCCCC[C@H](CCCCC)O[C@@H]4O[C@H](C)[C@@H](O)[C@H](O)[C@H]4O[C@@H]4O[C@H](COC(=O)C(C)C)[C@@H](O)[C@H](O)[C@H]4O[C@H](O[C@H]2C)[C@@H]3OC(=O)[C@H](C)[C@@H](C)O)O[C@@H]1C. The third kappa shape index (κ3) is 17.5. The van der Waals surface area contributed by atoms with Gasteiger partial charge in [0.1, 0.15) is 67.6 Å². The second kappa shape index (κ2) is 30.7. The molecule has 0 aromatic carbocycles. The van der Waals surface area contributed by atoms with Crippen LogP contribution in [0.25, 0.3) is 0 Å². The van der Waals surface area contributed by atoms with E-state index in [1.165, 1.54) is 40.7 Å². The summed E-state index contributed by atoms with van der Waals surface area (Å²) in [6.45, 7) is 15.1. The average Bonchev–Trinajstić information content (AvgIpc) is 3.40. The predicted molar refractivity (Wildman–Crippen MR) is 269 cm³/mol. The van der Waals surface area contributed by atoms with E-state index in [0.29, 0.717) is 25.7 Å². The number of allylic oxidation sites excluding steroid dienone is 1. The summed E-state index contributed by atoms with van der Waals surface area (Å²) in [5, 5.41) is 80.3. The molecule has 77 heavy (non-hydrogen) atoms. The van der Waals surface area contributed by atoms with Crippen LogP contribution in [0, 0.1) is 11.8 Å². The van der Waals surface area contributed by atoms with Gasteiger partial charge in [-0.25, -0.2) is 4.79 Å². The molecule has 5 aliphatic heterocycles. The van der Waals surface area contributed by atoms with Crippen LogP contribution in [0.2, 0.25) is 0 Å². The van der Waals surface area contributed by atoms with Crippen molar-refractivity contribution in [3.63, 3.8) is 0 Å². The molecular weight excluding hydrogens is 1020 g/mol. The Balaban J connectivity index is 1.60. The molecule has 444 valence electrons. The molecule has 0 radical (unpaired) electrons. The molecule has 5 saturated heterocycles. The van der Waals surface area contributed by atoms with Crippen LogP contribution in [0.4, 0.5) is 0 Å². The van der Waals surface area contributed by atoms with Gasteiger partial charge in [-0.2, -0.15) is 0 Å². The molecule has 0 unspecified atom stereocenters. The van der Waals surface area contributed by atoms with Crippen molar-refractivity contribution in [1.82, 2.24) is 0 Å². The molecule has 5 rings (SSSR count). The van der Waals surface area contributed by atoms with Gasteiger partial charge in [0.2, 0.25) is 0 Å². The lowest BCUT2D eigenvalue weighted by atomic mass is 9.95. The Morgan fingerprint density at radius 1 is 0.636 bits per heavy atom. The molecule has 0 aromatic rings. The van der Waals surface area contributed by atoms with Crippen molar-refractivity contribution in [2.75, 3.05) is 6.61 Å². The second-order valence-corrected chi connectivity index (χ2v) is 21.7. The van der Waals surface area contributed by atoms with Gasteiger partial charge in [-0.15, -0.1) is 0 Å². The number of rotatable bonds is 14. The van der Waals surface area contributed by atoms with E-state index >= 15 is 0 Å². The Bertz CT molecular complexity index is 1870. The lowest BCUT2D eigenvalue weighted by Crippen LogP contribution is -2.68. The number of hydrogen-bond acceptors (Lipinski definition) is 23. The maximum absolute atomic E-state index is 14.1. The van der Waals surface area contributed by atoms with Gasteiger partial charge in [0.25, 0.3) is 0 Å². The summed E-state index contributed by atoms with van der Waals surface area (Å²) in [7, 11) is 0. The van der Waals surface area contributed by atoms with Crippen LogP contribution in [0.5, 0.6) is 0 Å². The molecule has 0 spiro atoms. The first kappa shape index (κ1) is 64.8. The highest BCUT2D eigenvalue weighted by Gasteiger charge is 2.58. The van der Waals surface area contributed by atoms with Crippen molar-refractivity contribution < 1.29 is 112 Å². The predicted octanol–water partition coefficient (Wildman–Crippen LogP) is 2.67. The number of esters is 4. The number of hydrogen-bond donors (Lipinski definition) is 7. The summed E-state index contributed by atoms with van der Waals surface area (Å²) in [6.07, 6.45) is -23.0. The minimum absolute atomic E-state index is 0.0973. The summed E-state index contributed by atoms with van der Waals surface area (Å²) < 4.78 is 74.2. The molecule has 5 heterocycles. The maximum Gasteiger partial charge on any atom is 0.333 e. The smallest absolute Gasteiger partial charge is 0.333 e. The summed E-state index contributed by atoms with van der Waals surface area (Å²) >= 11 is 0. The first-order valence-electron chi connectivity index (χ1n) is 27.9. The van der Waals surface area contributed by atoms with Crippen molar-refractivity contribution >= 4 is 23.9 Å².